The van der Waals surface area contributed by atoms with Crippen molar-refractivity contribution in [2.75, 3.05) is 20.2 Å². The van der Waals surface area contributed by atoms with Gasteiger partial charge >= 0.3 is 0 Å². The van der Waals surface area contributed by atoms with Gasteiger partial charge in [-0.05, 0) is 37.7 Å². The molecule has 0 spiro atoms. The van der Waals surface area contributed by atoms with Gasteiger partial charge in [-0.3, -0.25) is 4.90 Å². The van der Waals surface area contributed by atoms with Gasteiger partial charge in [0, 0.05) is 0 Å². The van der Waals surface area contributed by atoms with Crippen LogP contribution >= 0.6 is 11.3 Å². The standard InChI is InChI=1S/C17H22N4O2S/c1-5-20(6-2)14(12-7-9-13(23-4)10-8-12)15-16(22)21-17(24-15)18-11(3)19-21/h7-10,14,22H,5-6H2,1-4H3. The van der Waals surface area contributed by atoms with Gasteiger partial charge in [0.2, 0.25) is 10.8 Å². The Balaban J connectivity index is 2.11. The van der Waals surface area contributed by atoms with Crippen LogP contribution in [0.15, 0.2) is 24.3 Å². The normalized spacial score (nSPS) is 12.9. The number of aromatic hydroxyl groups is 1. The van der Waals surface area contributed by atoms with Crippen LogP contribution in [0.25, 0.3) is 4.96 Å². The van der Waals surface area contributed by atoms with E-state index in [-0.39, 0.29) is 11.9 Å². The quantitative estimate of drug-likeness (QED) is 0.742. The zero-order valence-electron chi connectivity index (χ0n) is 14.4. The lowest BCUT2D eigenvalue weighted by Gasteiger charge is -2.29. The van der Waals surface area contributed by atoms with Crippen LogP contribution in [0.3, 0.4) is 0 Å². The van der Waals surface area contributed by atoms with Gasteiger partial charge in [0.05, 0.1) is 18.0 Å². The maximum Gasteiger partial charge on any atom is 0.230 e. The number of fused-ring (bicyclic) bond motifs is 1. The van der Waals surface area contributed by atoms with Gasteiger partial charge in [-0.1, -0.05) is 37.3 Å². The Labute approximate surface area is 145 Å². The van der Waals surface area contributed by atoms with Crippen LogP contribution in [0.2, 0.25) is 0 Å². The topological polar surface area (TPSA) is 62.9 Å². The first-order valence-electron chi connectivity index (χ1n) is 8.02. The highest BCUT2D eigenvalue weighted by molar-refractivity contribution is 7.17. The summed E-state index contributed by atoms with van der Waals surface area (Å²) in [6, 6.07) is 7.94. The molecule has 2 aromatic heterocycles. The van der Waals surface area contributed by atoms with Crippen molar-refractivity contribution in [3.8, 4) is 11.6 Å². The number of nitrogens with zero attached hydrogens (tertiary/aromatic N) is 4. The molecular weight excluding hydrogens is 324 g/mol. The van der Waals surface area contributed by atoms with E-state index in [0.29, 0.717) is 10.8 Å². The second-order valence-electron chi connectivity index (χ2n) is 5.54. The second-order valence-corrected chi connectivity index (χ2v) is 6.55. The molecule has 3 rings (SSSR count). The molecule has 2 heterocycles. The minimum absolute atomic E-state index is 0.0419. The molecule has 0 aliphatic heterocycles. The van der Waals surface area contributed by atoms with Crippen molar-refractivity contribution in [3.05, 3.63) is 40.5 Å². The minimum Gasteiger partial charge on any atom is -0.497 e. The first-order valence-corrected chi connectivity index (χ1v) is 8.83. The summed E-state index contributed by atoms with van der Waals surface area (Å²) in [4.78, 5) is 8.26. The molecule has 1 atom stereocenters. The van der Waals surface area contributed by atoms with E-state index >= 15 is 0 Å². The molecule has 0 aliphatic carbocycles. The molecule has 24 heavy (non-hydrogen) atoms. The largest absolute Gasteiger partial charge is 0.497 e. The van der Waals surface area contributed by atoms with Crippen molar-refractivity contribution in [2.45, 2.75) is 26.8 Å². The molecule has 0 bridgehead atoms. The Bertz CT molecular complexity index is 821. The van der Waals surface area contributed by atoms with Gasteiger partial charge in [0.15, 0.2) is 0 Å². The van der Waals surface area contributed by atoms with E-state index in [9.17, 15) is 5.11 Å². The van der Waals surface area contributed by atoms with Gasteiger partial charge < -0.3 is 9.84 Å². The monoisotopic (exact) mass is 346 g/mol. The Hall–Kier alpha value is -2.12. The summed E-state index contributed by atoms with van der Waals surface area (Å²) in [6.07, 6.45) is 0. The first-order chi connectivity index (χ1) is 11.6. The summed E-state index contributed by atoms with van der Waals surface area (Å²) in [7, 11) is 1.66. The molecule has 0 radical (unpaired) electrons. The van der Waals surface area contributed by atoms with Gasteiger partial charge in [-0.15, -0.1) is 5.10 Å². The van der Waals surface area contributed by atoms with E-state index < -0.39 is 0 Å². The van der Waals surface area contributed by atoms with Gasteiger partial charge in [0.25, 0.3) is 0 Å². The average molecular weight is 346 g/mol. The summed E-state index contributed by atoms with van der Waals surface area (Å²) in [5, 5.41) is 15.0. The van der Waals surface area contributed by atoms with E-state index in [2.05, 4.69) is 28.8 Å². The lowest BCUT2D eigenvalue weighted by molar-refractivity contribution is 0.248. The lowest BCUT2D eigenvalue weighted by Crippen LogP contribution is -2.28. The van der Waals surface area contributed by atoms with Crippen molar-refractivity contribution in [1.29, 1.82) is 0 Å². The third kappa shape index (κ3) is 2.85. The van der Waals surface area contributed by atoms with E-state index in [1.807, 2.05) is 31.2 Å². The highest BCUT2D eigenvalue weighted by atomic mass is 32.1. The van der Waals surface area contributed by atoms with Crippen molar-refractivity contribution in [2.24, 2.45) is 0 Å². The highest BCUT2D eigenvalue weighted by Gasteiger charge is 2.28. The van der Waals surface area contributed by atoms with Crippen LogP contribution in [0.5, 0.6) is 11.6 Å². The molecular formula is C17H22N4O2S. The third-order valence-corrected chi connectivity index (χ3v) is 5.24. The average Bonchev–Trinajstić information content (AvgIpc) is 3.10. The molecule has 3 aromatic rings. The van der Waals surface area contributed by atoms with E-state index in [0.717, 1.165) is 29.3 Å². The lowest BCUT2D eigenvalue weighted by atomic mass is 10.0. The number of rotatable bonds is 6. The number of aromatic nitrogens is 3. The molecule has 0 aliphatic rings. The van der Waals surface area contributed by atoms with E-state index in [1.54, 1.807) is 7.11 Å². The van der Waals surface area contributed by atoms with Crippen LogP contribution in [0, 0.1) is 6.92 Å². The van der Waals surface area contributed by atoms with Gasteiger partial charge in [0.1, 0.15) is 11.6 Å². The van der Waals surface area contributed by atoms with Gasteiger partial charge in [-0.25, -0.2) is 4.98 Å². The zero-order valence-corrected chi connectivity index (χ0v) is 15.2. The Morgan fingerprint density at radius 2 is 1.92 bits per heavy atom. The molecule has 128 valence electrons. The number of benzene rings is 1. The molecule has 1 N–H and O–H groups in total. The van der Waals surface area contributed by atoms with Crippen molar-refractivity contribution < 1.29 is 9.84 Å². The SMILES string of the molecule is CCN(CC)C(c1ccc(OC)cc1)c1sc2nc(C)nn2c1O. The predicted molar refractivity (Wildman–Crippen MR) is 95.0 cm³/mol. The fraction of sp³-hybridized carbons (Fsp3) is 0.412. The Morgan fingerprint density at radius 1 is 1.25 bits per heavy atom. The number of hydrogen-bond donors (Lipinski definition) is 1. The summed E-state index contributed by atoms with van der Waals surface area (Å²) < 4.78 is 6.78. The molecule has 0 amide bonds. The second kappa shape index (κ2) is 6.78. The summed E-state index contributed by atoms with van der Waals surface area (Å²) in [5.74, 6) is 1.65. The summed E-state index contributed by atoms with van der Waals surface area (Å²) in [5.41, 5.74) is 1.11. The van der Waals surface area contributed by atoms with Crippen molar-refractivity contribution in [3.63, 3.8) is 0 Å². The van der Waals surface area contributed by atoms with E-state index in [4.69, 9.17) is 4.74 Å². The van der Waals surface area contributed by atoms with Crippen molar-refractivity contribution in [1.82, 2.24) is 19.5 Å². The zero-order chi connectivity index (χ0) is 17.3. The fourth-order valence-electron chi connectivity index (χ4n) is 2.93. The van der Waals surface area contributed by atoms with E-state index in [1.165, 1.54) is 15.9 Å². The number of ether oxygens (including phenoxy) is 1. The predicted octanol–water partition coefficient (Wildman–Crippen LogP) is 3.24. The minimum atomic E-state index is -0.0419. The maximum absolute atomic E-state index is 10.7. The Kier molecular flexibility index (Phi) is 4.73. The number of methoxy groups -OCH3 is 1. The molecule has 0 fully saturated rings. The van der Waals surface area contributed by atoms with Crippen LogP contribution < -0.4 is 4.74 Å². The van der Waals surface area contributed by atoms with Crippen LogP contribution in [0.1, 0.15) is 36.2 Å². The smallest absolute Gasteiger partial charge is 0.230 e. The molecule has 0 saturated heterocycles. The highest BCUT2D eigenvalue weighted by Crippen LogP contribution is 2.40. The summed E-state index contributed by atoms with van der Waals surface area (Å²) >= 11 is 1.48. The molecule has 0 saturated carbocycles. The van der Waals surface area contributed by atoms with Gasteiger partial charge in [-0.2, -0.15) is 4.52 Å². The molecule has 7 heteroatoms. The molecule has 6 nitrogen and oxygen atoms in total. The third-order valence-electron chi connectivity index (χ3n) is 4.16. The first kappa shape index (κ1) is 16.7. The van der Waals surface area contributed by atoms with Crippen LogP contribution in [-0.2, 0) is 0 Å². The number of hydrogen-bond acceptors (Lipinski definition) is 6. The molecule has 1 unspecified atom stereocenters. The number of thiazole rings is 1. The maximum atomic E-state index is 10.7. The fourth-order valence-corrected chi connectivity index (χ4v) is 4.09. The molecule has 1 aromatic carbocycles. The van der Waals surface area contributed by atoms with Crippen molar-refractivity contribution >= 4 is 16.3 Å². The summed E-state index contributed by atoms with van der Waals surface area (Å²) in [6.45, 7) is 7.82. The Morgan fingerprint density at radius 3 is 2.46 bits per heavy atom. The van der Waals surface area contributed by atoms with Crippen LogP contribution in [-0.4, -0.2) is 44.8 Å². The van der Waals surface area contributed by atoms with Crippen LogP contribution in [0.4, 0.5) is 0 Å². The number of aryl methyl sites for hydroxylation is 1.